The third kappa shape index (κ3) is 5.48. The highest BCUT2D eigenvalue weighted by Gasteiger charge is 2.42. The number of non-ortho nitro benzene ring substituents is 1. The largest absolute Gasteiger partial charge is 1.00 e. The molecule has 0 aromatic heterocycles. The number of amidine groups is 1. The topological polar surface area (TPSA) is 176 Å². The van der Waals surface area contributed by atoms with Crippen molar-refractivity contribution in [1.82, 2.24) is 5.32 Å². The molecule has 1 aromatic carbocycles. The van der Waals surface area contributed by atoms with E-state index < -0.39 is 21.7 Å². The number of nitro benzene ring substituents is 1. The minimum atomic E-state index is -1.17. The Balaban J connectivity index is 0.00000450. The molecule has 1 aromatic rings. The lowest BCUT2D eigenvalue weighted by atomic mass is 9.84. The van der Waals surface area contributed by atoms with E-state index in [0.29, 0.717) is 5.70 Å². The van der Waals surface area contributed by atoms with Gasteiger partial charge < -0.3 is 22.5 Å². The molecule has 0 radical (unpaired) electrons. The van der Waals surface area contributed by atoms with Gasteiger partial charge in [-0.3, -0.25) is 31.4 Å². The summed E-state index contributed by atoms with van der Waals surface area (Å²) >= 11 is 1.04. The van der Waals surface area contributed by atoms with Crippen molar-refractivity contribution in [2.24, 2.45) is 5.73 Å². The maximum atomic E-state index is 12.8. The summed E-state index contributed by atoms with van der Waals surface area (Å²) in [5.74, 6) is -1.81. The predicted molar refractivity (Wildman–Crippen MR) is 106 cm³/mol. The molecule has 0 amide bonds. The molecule has 0 aliphatic carbocycles. The number of hydrogen-bond acceptors (Lipinski definition) is 8. The molecule has 162 valence electrons. The fraction of sp³-hybridized carbons (Fsp3) is 0.294. The second-order valence-corrected chi connectivity index (χ2v) is 7.03. The van der Waals surface area contributed by atoms with Crippen LogP contribution in [0.4, 0.5) is 5.69 Å². The SMILES string of the molecule is CCOC(=O)C1=C(CSC(N)=[NH2+])NC(C)=C([N+](=O)[O-])C1c1cccc([N+](=O)[O-])c1.[Cl-]. The maximum Gasteiger partial charge on any atom is 0.337 e. The Morgan fingerprint density at radius 1 is 1.33 bits per heavy atom. The van der Waals surface area contributed by atoms with E-state index in [-0.39, 0.29) is 58.2 Å². The number of carbonyl (C=O) groups excluding carboxylic acids is 1. The number of nitro groups is 2. The first-order chi connectivity index (χ1) is 13.7. The first-order valence-electron chi connectivity index (χ1n) is 8.44. The Labute approximate surface area is 181 Å². The lowest BCUT2D eigenvalue weighted by Gasteiger charge is -2.27. The molecule has 2 rings (SSSR count). The quantitative estimate of drug-likeness (QED) is 0.130. The fourth-order valence-electron chi connectivity index (χ4n) is 2.99. The zero-order chi connectivity index (χ0) is 21.7. The van der Waals surface area contributed by atoms with Crippen molar-refractivity contribution in [3.05, 3.63) is 72.7 Å². The number of nitrogens with one attached hydrogen (secondary N) is 1. The number of benzene rings is 1. The Morgan fingerprint density at radius 2 is 2.00 bits per heavy atom. The zero-order valence-corrected chi connectivity index (χ0v) is 17.7. The lowest BCUT2D eigenvalue weighted by molar-refractivity contribution is -0.431. The average Bonchev–Trinajstić information content (AvgIpc) is 2.65. The number of carbonyl (C=O) groups is 1. The molecule has 1 aliphatic heterocycles. The highest BCUT2D eigenvalue weighted by molar-refractivity contribution is 8.13. The molecule has 0 bridgehead atoms. The first-order valence-corrected chi connectivity index (χ1v) is 9.43. The monoisotopic (exact) mass is 457 g/mol. The minimum absolute atomic E-state index is 0. The number of rotatable bonds is 7. The minimum Gasteiger partial charge on any atom is -1.00 e. The van der Waals surface area contributed by atoms with Crippen LogP contribution in [-0.2, 0) is 9.53 Å². The van der Waals surface area contributed by atoms with E-state index in [1.165, 1.54) is 31.2 Å². The number of nitrogens with zero attached hydrogens (tertiary/aromatic N) is 2. The van der Waals surface area contributed by atoms with Crippen molar-refractivity contribution in [2.75, 3.05) is 12.4 Å². The summed E-state index contributed by atoms with van der Waals surface area (Å²) in [4.78, 5) is 34.5. The van der Waals surface area contributed by atoms with E-state index in [1.54, 1.807) is 6.92 Å². The van der Waals surface area contributed by atoms with E-state index in [0.717, 1.165) is 11.8 Å². The van der Waals surface area contributed by atoms with Gasteiger partial charge in [-0.1, -0.05) is 12.1 Å². The number of thioether (sulfide) groups is 1. The fourth-order valence-corrected chi connectivity index (χ4v) is 3.53. The van der Waals surface area contributed by atoms with Crippen molar-refractivity contribution in [1.29, 1.82) is 0 Å². The number of esters is 1. The zero-order valence-electron chi connectivity index (χ0n) is 16.1. The van der Waals surface area contributed by atoms with E-state index in [4.69, 9.17) is 15.9 Å². The summed E-state index contributed by atoms with van der Waals surface area (Å²) in [7, 11) is 0. The van der Waals surface area contributed by atoms with Crippen LogP contribution in [0.15, 0.2) is 46.9 Å². The summed E-state index contributed by atoms with van der Waals surface area (Å²) in [5.41, 5.74) is 5.69. The first kappa shape index (κ1) is 24.9. The Hall–Kier alpha value is -3.12. The van der Waals surface area contributed by atoms with E-state index >= 15 is 0 Å². The smallest absolute Gasteiger partial charge is 0.337 e. The van der Waals surface area contributed by atoms with Crippen molar-refractivity contribution >= 4 is 28.6 Å². The number of halogens is 1. The van der Waals surface area contributed by atoms with Crippen LogP contribution >= 0.6 is 11.8 Å². The molecule has 1 atom stereocenters. The van der Waals surface area contributed by atoms with Crippen LogP contribution in [-0.4, -0.2) is 33.3 Å². The maximum absolute atomic E-state index is 12.8. The molecule has 5 N–H and O–H groups in total. The van der Waals surface area contributed by atoms with Crippen molar-refractivity contribution in [2.45, 2.75) is 19.8 Å². The second-order valence-electron chi connectivity index (χ2n) is 5.98. The van der Waals surface area contributed by atoms with Crippen LogP contribution in [0.3, 0.4) is 0 Å². The van der Waals surface area contributed by atoms with Gasteiger partial charge in [0.1, 0.15) is 5.92 Å². The van der Waals surface area contributed by atoms with Crippen molar-refractivity contribution in [3.63, 3.8) is 0 Å². The number of nitrogens with two attached hydrogens (primary N) is 2. The Morgan fingerprint density at radius 3 is 2.53 bits per heavy atom. The van der Waals surface area contributed by atoms with Gasteiger partial charge in [-0.05, 0) is 31.2 Å². The van der Waals surface area contributed by atoms with Crippen LogP contribution in [0.5, 0.6) is 0 Å². The van der Waals surface area contributed by atoms with Gasteiger partial charge in [0.05, 0.1) is 27.7 Å². The van der Waals surface area contributed by atoms with Gasteiger partial charge >= 0.3 is 5.97 Å². The summed E-state index contributed by atoms with van der Waals surface area (Å²) in [6, 6.07) is 5.38. The van der Waals surface area contributed by atoms with E-state index in [9.17, 15) is 25.0 Å². The van der Waals surface area contributed by atoms with E-state index in [2.05, 4.69) is 5.32 Å². The number of dihydropyridines is 1. The third-order valence-electron chi connectivity index (χ3n) is 4.10. The molecule has 1 aliphatic rings. The summed E-state index contributed by atoms with van der Waals surface area (Å²) in [6.45, 7) is 3.14. The number of ether oxygens (including phenoxy) is 1. The highest BCUT2D eigenvalue weighted by atomic mass is 35.5. The van der Waals surface area contributed by atoms with Gasteiger partial charge in [-0.2, -0.15) is 0 Å². The molecular formula is C17H20ClN5O6S. The number of allylic oxidation sites excluding steroid dienone is 2. The van der Waals surface area contributed by atoms with Gasteiger partial charge in [0, 0.05) is 23.6 Å². The van der Waals surface area contributed by atoms with Gasteiger partial charge in [0.15, 0.2) is 0 Å². The average molecular weight is 458 g/mol. The molecule has 1 heterocycles. The molecule has 0 fully saturated rings. The Kier molecular flexibility index (Phi) is 8.80. The second kappa shape index (κ2) is 10.6. The molecule has 1 unspecified atom stereocenters. The number of hydrogen-bond donors (Lipinski definition) is 3. The summed E-state index contributed by atoms with van der Waals surface area (Å²) < 4.78 is 5.12. The van der Waals surface area contributed by atoms with Crippen molar-refractivity contribution < 1.29 is 37.2 Å². The summed E-state index contributed by atoms with van der Waals surface area (Å²) in [5, 5.41) is 31.4. The lowest BCUT2D eigenvalue weighted by Crippen LogP contribution is -3.00. The summed E-state index contributed by atoms with van der Waals surface area (Å²) in [6.07, 6.45) is 0. The molecule has 0 saturated heterocycles. The van der Waals surface area contributed by atoms with Gasteiger partial charge in [0.2, 0.25) is 0 Å². The van der Waals surface area contributed by atoms with Crippen LogP contribution in [0, 0.1) is 20.2 Å². The molecule has 30 heavy (non-hydrogen) atoms. The third-order valence-corrected chi connectivity index (χ3v) is 4.87. The molecule has 0 spiro atoms. The highest BCUT2D eigenvalue weighted by Crippen LogP contribution is 2.40. The normalized spacial score (nSPS) is 15.7. The van der Waals surface area contributed by atoms with Crippen LogP contribution < -0.4 is 28.9 Å². The molecule has 11 nitrogen and oxygen atoms in total. The standard InChI is InChI=1S/C17H19N5O6S.ClH/c1-3-28-16(23)14-12(8-29-17(18)19)20-9(2)15(22(26)27)13(14)10-5-4-6-11(7-10)21(24)25;/h4-7,13,20H,3,8H2,1-2H3,(H3,18,19);1H. The predicted octanol–water partition coefficient (Wildman–Crippen LogP) is -2.58. The van der Waals surface area contributed by atoms with Crippen LogP contribution in [0.1, 0.15) is 25.3 Å². The van der Waals surface area contributed by atoms with Crippen molar-refractivity contribution in [3.8, 4) is 0 Å². The van der Waals surface area contributed by atoms with Gasteiger partial charge in [-0.25, -0.2) is 4.79 Å². The van der Waals surface area contributed by atoms with Gasteiger partial charge in [0.25, 0.3) is 16.6 Å². The van der Waals surface area contributed by atoms with Crippen LogP contribution in [0.25, 0.3) is 0 Å². The molecular weight excluding hydrogens is 438 g/mol. The molecule has 0 saturated carbocycles. The Bertz CT molecular complexity index is 948. The van der Waals surface area contributed by atoms with Crippen LogP contribution in [0.2, 0.25) is 0 Å². The molecule has 13 heteroatoms. The van der Waals surface area contributed by atoms with E-state index in [1.807, 2.05) is 0 Å². The van der Waals surface area contributed by atoms with Gasteiger partial charge in [-0.15, -0.1) is 0 Å².